The topological polar surface area (TPSA) is 21.6 Å². The summed E-state index contributed by atoms with van der Waals surface area (Å²) in [5.74, 6) is -0.209. The second kappa shape index (κ2) is 5.41. The summed E-state index contributed by atoms with van der Waals surface area (Å²) in [6.07, 6.45) is 1.70. The van der Waals surface area contributed by atoms with E-state index in [-0.39, 0.29) is 17.1 Å². The monoisotopic (exact) mass is 293 g/mol. The van der Waals surface area contributed by atoms with Gasteiger partial charge in [0.1, 0.15) is 12.0 Å². The van der Waals surface area contributed by atoms with Gasteiger partial charge in [-0.15, -0.1) is 0 Å². The van der Waals surface area contributed by atoms with Crippen molar-refractivity contribution in [3.63, 3.8) is 0 Å². The van der Waals surface area contributed by atoms with Gasteiger partial charge < -0.3 is 4.43 Å². The first-order chi connectivity index (χ1) is 9.19. The normalized spacial score (nSPS) is 20.1. The maximum Gasteiger partial charge on any atom is 0.194 e. The molecule has 0 spiro atoms. The Labute approximate surface area is 122 Å². The molecule has 1 heterocycles. The zero-order valence-electron chi connectivity index (χ0n) is 13.0. The summed E-state index contributed by atoms with van der Waals surface area (Å²) in [5, 5.41) is 0.185. The van der Waals surface area contributed by atoms with E-state index in [1.54, 1.807) is 12.1 Å². The number of benzene rings is 1. The molecule has 20 heavy (non-hydrogen) atoms. The molecule has 1 unspecified atom stereocenters. The molecule has 1 aliphatic rings. The van der Waals surface area contributed by atoms with E-state index in [1.807, 2.05) is 6.07 Å². The maximum atomic E-state index is 13.3. The van der Waals surface area contributed by atoms with Crippen LogP contribution in [-0.2, 0) is 4.43 Å². The molecule has 0 aromatic heterocycles. The van der Waals surface area contributed by atoms with Crippen molar-refractivity contribution in [1.29, 1.82) is 0 Å². The molecule has 1 atom stereocenters. The van der Waals surface area contributed by atoms with Crippen molar-refractivity contribution in [3.8, 4) is 0 Å². The predicted octanol–water partition coefficient (Wildman–Crippen LogP) is 4.76. The summed E-state index contributed by atoms with van der Waals surface area (Å²) >= 11 is 0. The maximum absolute atomic E-state index is 13.3. The largest absolute Gasteiger partial charge is 0.396 e. The minimum atomic E-state index is -1.79. The Kier molecular flexibility index (Phi) is 4.16. The van der Waals surface area contributed by atoms with Gasteiger partial charge in [0, 0.05) is 5.71 Å². The molecule has 0 fully saturated rings. The number of hydrogen-bond acceptors (Lipinski definition) is 2. The van der Waals surface area contributed by atoms with Crippen LogP contribution in [0.2, 0.25) is 18.1 Å². The van der Waals surface area contributed by atoms with E-state index < -0.39 is 8.32 Å². The van der Waals surface area contributed by atoms with Crippen LogP contribution in [0.1, 0.15) is 39.2 Å². The van der Waals surface area contributed by atoms with Crippen LogP contribution in [-0.4, -0.2) is 20.3 Å². The number of aliphatic imine (C=N–C) groups is 1. The summed E-state index contributed by atoms with van der Waals surface area (Å²) in [4.78, 5) is 4.66. The van der Waals surface area contributed by atoms with E-state index in [9.17, 15) is 4.39 Å². The first-order valence-electron chi connectivity index (χ1n) is 7.19. The van der Waals surface area contributed by atoms with Crippen molar-refractivity contribution < 1.29 is 8.82 Å². The highest BCUT2D eigenvalue weighted by atomic mass is 28.4. The van der Waals surface area contributed by atoms with Gasteiger partial charge in [0.05, 0.1) is 0 Å². The molecule has 2 nitrogen and oxygen atoms in total. The van der Waals surface area contributed by atoms with Crippen LogP contribution in [0.3, 0.4) is 0 Å². The number of hydrogen-bond donors (Lipinski definition) is 0. The number of nitrogens with zero attached hydrogens (tertiary/aromatic N) is 1. The highest BCUT2D eigenvalue weighted by Crippen LogP contribution is 2.38. The van der Waals surface area contributed by atoms with Crippen LogP contribution in [0.15, 0.2) is 29.3 Å². The van der Waals surface area contributed by atoms with Crippen LogP contribution in [0.5, 0.6) is 0 Å². The third kappa shape index (κ3) is 3.36. The second-order valence-electron chi connectivity index (χ2n) is 6.96. The summed E-state index contributed by atoms with van der Waals surface area (Å²) in [6, 6.07) is 6.65. The van der Waals surface area contributed by atoms with Gasteiger partial charge in [-0.3, -0.25) is 4.99 Å². The first-order valence-corrected chi connectivity index (χ1v) is 10.1. The van der Waals surface area contributed by atoms with Crippen LogP contribution < -0.4 is 0 Å². The Morgan fingerprint density at radius 2 is 2.00 bits per heavy atom. The highest BCUT2D eigenvalue weighted by molar-refractivity contribution is 6.74. The molecule has 2 rings (SSSR count). The molecule has 0 radical (unpaired) electrons. The van der Waals surface area contributed by atoms with E-state index >= 15 is 0 Å². The Morgan fingerprint density at radius 3 is 2.60 bits per heavy atom. The molecular formula is C16H24FNOSi. The molecule has 0 saturated carbocycles. The lowest BCUT2D eigenvalue weighted by Gasteiger charge is -2.37. The fourth-order valence-corrected chi connectivity index (χ4v) is 3.26. The zero-order chi connectivity index (χ0) is 15.0. The molecule has 1 aliphatic heterocycles. The molecule has 1 aromatic rings. The van der Waals surface area contributed by atoms with E-state index in [2.05, 4.69) is 38.9 Å². The fraction of sp³-hybridized carbons (Fsp3) is 0.562. The summed E-state index contributed by atoms with van der Waals surface area (Å²) < 4.78 is 19.6. The van der Waals surface area contributed by atoms with Crippen LogP contribution in [0, 0.1) is 5.82 Å². The lowest BCUT2D eigenvalue weighted by atomic mass is 10.1. The van der Waals surface area contributed by atoms with E-state index in [1.165, 1.54) is 6.07 Å². The molecule has 0 saturated heterocycles. The highest BCUT2D eigenvalue weighted by Gasteiger charge is 2.39. The van der Waals surface area contributed by atoms with Crippen molar-refractivity contribution in [2.45, 2.75) is 58.0 Å². The SMILES string of the molecule is CC(C)(C)[Si](C)(C)OC1CCC(c2cccc(F)c2)=N1. The first kappa shape index (κ1) is 15.4. The van der Waals surface area contributed by atoms with Gasteiger partial charge in [0.15, 0.2) is 8.32 Å². The van der Waals surface area contributed by atoms with Crippen LogP contribution >= 0.6 is 0 Å². The summed E-state index contributed by atoms with van der Waals surface area (Å²) in [5.41, 5.74) is 1.85. The van der Waals surface area contributed by atoms with Crippen molar-refractivity contribution >= 4 is 14.0 Å². The number of halogens is 1. The van der Waals surface area contributed by atoms with Crippen molar-refractivity contribution in [2.75, 3.05) is 0 Å². The predicted molar refractivity (Wildman–Crippen MR) is 84.2 cm³/mol. The zero-order valence-corrected chi connectivity index (χ0v) is 14.0. The van der Waals surface area contributed by atoms with Gasteiger partial charge in [-0.2, -0.15) is 0 Å². The third-order valence-corrected chi connectivity index (χ3v) is 8.80. The van der Waals surface area contributed by atoms with E-state index in [0.717, 1.165) is 24.1 Å². The van der Waals surface area contributed by atoms with Gasteiger partial charge in [0.25, 0.3) is 0 Å². The minimum Gasteiger partial charge on any atom is -0.396 e. The van der Waals surface area contributed by atoms with Crippen LogP contribution in [0.25, 0.3) is 0 Å². The van der Waals surface area contributed by atoms with Gasteiger partial charge in [-0.25, -0.2) is 4.39 Å². The Bertz CT molecular complexity index is 519. The van der Waals surface area contributed by atoms with Crippen LogP contribution in [0.4, 0.5) is 4.39 Å². The fourth-order valence-electron chi connectivity index (χ4n) is 2.05. The Hall–Kier alpha value is -1.00. The molecule has 1 aromatic carbocycles. The van der Waals surface area contributed by atoms with Crippen molar-refractivity contribution in [2.24, 2.45) is 4.99 Å². The standard InChI is InChI=1S/C16H24FNOSi/c1-16(2,3)20(4,5)19-15-10-9-14(18-15)12-7-6-8-13(17)11-12/h6-8,11,15H,9-10H2,1-5H3. The summed E-state index contributed by atoms with van der Waals surface area (Å²) in [6.45, 7) is 11.2. The molecule has 110 valence electrons. The molecule has 0 aliphatic carbocycles. The molecular weight excluding hydrogens is 269 g/mol. The van der Waals surface area contributed by atoms with Gasteiger partial charge >= 0.3 is 0 Å². The Morgan fingerprint density at radius 1 is 1.30 bits per heavy atom. The Balaban J connectivity index is 2.11. The number of rotatable bonds is 3. The molecule has 0 bridgehead atoms. The average molecular weight is 293 g/mol. The quantitative estimate of drug-likeness (QED) is 0.737. The van der Waals surface area contributed by atoms with Crippen molar-refractivity contribution in [3.05, 3.63) is 35.6 Å². The van der Waals surface area contributed by atoms with E-state index in [0.29, 0.717) is 0 Å². The second-order valence-corrected chi connectivity index (χ2v) is 11.7. The van der Waals surface area contributed by atoms with E-state index in [4.69, 9.17) is 4.43 Å². The molecule has 0 amide bonds. The lowest BCUT2D eigenvalue weighted by Crippen LogP contribution is -2.43. The van der Waals surface area contributed by atoms with Gasteiger partial charge in [-0.1, -0.05) is 32.9 Å². The average Bonchev–Trinajstić information content (AvgIpc) is 2.75. The third-order valence-electron chi connectivity index (χ3n) is 4.32. The van der Waals surface area contributed by atoms with Gasteiger partial charge in [0.2, 0.25) is 0 Å². The summed E-state index contributed by atoms with van der Waals surface area (Å²) in [7, 11) is -1.79. The lowest BCUT2D eigenvalue weighted by molar-refractivity contribution is 0.191. The molecule has 4 heteroatoms. The minimum absolute atomic E-state index is 0.0610. The van der Waals surface area contributed by atoms with Gasteiger partial charge in [-0.05, 0) is 48.7 Å². The molecule has 0 N–H and O–H groups in total. The van der Waals surface area contributed by atoms with Crippen molar-refractivity contribution in [1.82, 2.24) is 0 Å². The smallest absolute Gasteiger partial charge is 0.194 e.